The number of aromatic nitrogens is 3. The summed E-state index contributed by atoms with van der Waals surface area (Å²) in [5.41, 5.74) is 6.13. The molecule has 8 nitrogen and oxygen atoms in total. The number of ether oxygens (including phenoxy) is 1. The first-order valence-electron chi connectivity index (χ1n) is 8.64. The average molecular weight is 381 g/mol. The van der Waals surface area contributed by atoms with E-state index < -0.39 is 17.7 Å². The van der Waals surface area contributed by atoms with Crippen molar-refractivity contribution in [3.63, 3.8) is 0 Å². The summed E-state index contributed by atoms with van der Waals surface area (Å²) in [5.74, 6) is -3.74. The van der Waals surface area contributed by atoms with E-state index in [9.17, 15) is 18.4 Å². The number of carbonyl (C=O) groups is 2. The van der Waals surface area contributed by atoms with Crippen LogP contribution in [0.2, 0.25) is 0 Å². The van der Waals surface area contributed by atoms with Gasteiger partial charge in [-0.2, -0.15) is 5.10 Å². The third-order valence-electron chi connectivity index (χ3n) is 4.74. The molecular weight excluding hydrogens is 360 g/mol. The molecule has 0 spiro atoms. The molecule has 1 aliphatic carbocycles. The van der Waals surface area contributed by atoms with Crippen molar-refractivity contribution in [3.8, 4) is 0 Å². The lowest BCUT2D eigenvalue weighted by Gasteiger charge is -2.28. The highest BCUT2D eigenvalue weighted by Gasteiger charge is 2.35. The number of nitrogens with zero attached hydrogens (tertiary/aromatic N) is 3. The number of alkyl halides is 2. The van der Waals surface area contributed by atoms with Gasteiger partial charge in [0.05, 0.1) is 6.61 Å². The van der Waals surface area contributed by atoms with E-state index in [2.05, 4.69) is 15.4 Å². The van der Waals surface area contributed by atoms with Crippen molar-refractivity contribution in [1.29, 1.82) is 0 Å². The van der Waals surface area contributed by atoms with Gasteiger partial charge in [-0.05, 0) is 24.8 Å². The van der Waals surface area contributed by atoms with E-state index in [1.807, 2.05) is 0 Å². The van der Waals surface area contributed by atoms with Crippen molar-refractivity contribution >= 4 is 17.5 Å². The Morgan fingerprint density at radius 1 is 1.41 bits per heavy atom. The van der Waals surface area contributed by atoms with Gasteiger partial charge in [-0.25, -0.2) is 18.3 Å². The van der Waals surface area contributed by atoms with E-state index in [4.69, 9.17) is 10.5 Å². The lowest BCUT2D eigenvalue weighted by Crippen LogP contribution is -2.34. The zero-order valence-electron chi connectivity index (χ0n) is 14.9. The van der Waals surface area contributed by atoms with Gasteiger partial charge in [0.15, 0.2) is 5.65 Å². The van der Waals surface area contributed by atoms with Gasteiger partial charge in [0.25, 0.3) is 11.8 Å². The summed E-state index contributed by atoms with van der Waals surface area (Å²) in [4.78, 5) is 28.4. The molecule has 0 saturated heterocycles. The van der Waals surface area contributed by atoms with Crippen LogP contribution >= 0.6 is 0 Å². The highest BCUT2D eigenvalue weighted by atomic mass is 19.3. The third kappa shape index (κ3) is 4.05. The number of primary amides is 1. The van der Waals surface area contributed by atoms with E-state index in [0.717, 1.165) is 0 Å². The first-order valence-corrected chi connectivity index (χ1v) is 8.64. The minimum absolute atomic E-state index is 0.00811. The molecule has 2 aromatic rings. The normalized spacial score (nSPS) is 17.1. The molecule has 0 atom stereocenters. The van der Waals surface area contributed by atoms with Gasteiger partial charge in [0, 0.05) is 32.7 Å². The molecular formula is C17H21F2N5O3. The Labute approximate surface area is 154 Å². The van der Waals surface area contributed by atoms with E-state index in [-0.39, 0.29) is 48.0 Å². The van der Waals surface area contributed by atoms with Gasteiger partial charge in [0.2, 0.25) is 5.92 Å². The van der Waals surface area contributed by atoms with Crippen LogP contribution in [0.3, 0.4) is 0 Å². The van der Waals surface area contributed by atoms with Crippen molar-refractivity contribution in [2.24, 2.45) is 11.7 Å². The monoisotopic (exact) mass is 381 g/mol. The summed E-state index contributed by atoms with van der Waals surface area (Å²) in [6.07, 6.45) is 1.80. The first kappa shape index (κ1) is 19.2. The van der Waals surface area contributed by atoms with Gasteiger partial charge in [-0.15, -0.1) is 0 Å². The number of methoxy groups -OCH3 is 1. The highest BCUT2D eigenvalue weighted by Crippen LogP contribution is 2.35. The van der Waals surface area contributed by atoms with Crippen LogP contribution in [0.5, 0.6) is 0 Å². The maximum absolute atomic E-state index is 13.2. The molecule has 3 N–H and O–H groups in total. The fourth-order valence-corrected chi connectivity index (χ4v) is 3.28. The Morgan fingerprint density at radius 3 is 2.74 bits per heavy atom. The maximum atomic E-state index is 13.2. The van der Waals surface area contributed by atoms with Crippen molar-refractivity contribution in [3.05, 3.63) is 29.2 Å². The molecule has 146 valence electrons. The van der Waals surface area contributed by atoms with Crippen LogP contribution in [0.4, 0.5) is 8.78 Å². The Morgan fingerprint density at radius 2 is 2.11 bits per heavy atom. The Bertz CT molecular complexity index is 858. The Kier molecular flexibility index (Phi) is 5.36. The molecule has 2 amide bonds. The third-order valence-corrected chi connectivity index (χ3v) is 4.74. The number of carbonyl (C=O) groups excluding carboxylic acids is 2. The molecule has 3 rings (SSSR count). The molecule has 0 bridgehead atoms. The van der Waals surface area contributed by atoms with Crippen molar-refractivity contribution in [2.45, 2.75) is 38.2 Å². The van der Waals surface area contributed by atoms with Crippen molar-refractivity contribution in [1.82, 2.24) is 19.9 Å². The van der Waals surface area contributed by atoms with Gasteiger partial charge in [-0.3, -0.25) is 9.59 Å². The molecule has 1 saturated carbocycles. The summed E-state index contributed by atoms with van der Waals surface area (Å²) in [5, 5.41) is 6.99. The van der Waals surface area contributed by atoms with Crippen molar-refractivity contribution < 1.29 is 23.1 Å². The Hall–Kier alpha value is -2.62. The number of nitrogens with one attached hydrogen (secondary N) is 1. The average Bonchev–Trinajstić information content (AvgIpc) is 2.99. The molecule has 2 heterocycles. The topological polar surface area (TPSA) is 112 Å². The lowest BCUT2D eigenvalue weighted by atomic mass is 9.87. The number of rotatable bonds is 6. The van der Waals surface area contributed by atoms with E-state index in [1.165, 1.54) is 23.9 Å². The Balaban J connectivity index is 1.79. The number of hydrogen-bond acceptors (Lipinski definition) is 5. The zero-order valence-corrected chi connectivity index (χ0v) is 14.9. The summed E-state index contributed by atoms with van der Waals surface area (Å²) in [7, 11) is 1.45. The standard InChI is InChI=1S/C17H21F2N5O3/c1-27-9-11-13(14(20)25)15-21-7-4-12(24(15)23-11)16(26)22-8-10-2-5-17(18,19)6-3-10/h4,7,10H,2-3,5-6,8-9H2,1H3,(H2,20,25)(H,22,26). The summed E-state index contributed by atoms with van der Waals surface area (Å²) >= 11 is 0. The van der Waals surface area contributed by atoms with E-state index in [0.29, 0.717) is 19.4 Å². The van der Waals surface area contributed by atoms with Gasteiger partial charge in [0.1, 0.15) is 17.0 Å². The number of nitrogens with two attached hydrogens (primary N) is 1. The van der Waals surface area contributed by atoms with E-state index in [1.54, 1.807) is 0 Å². The van der Waals surface area contributed by atoms with Crippen LogP contribution in [-0.4, -0.2) is 46.0 Å². The van der Waals surface area contributed by atoms with Crippen LogP contribution in [0.15, 0.2) is 12.3 Å². The molecule has 27 heavy (non-hydrogen) atoms. The predicted octanol–water partition coefficient (Wildman–Crippen LogP) is 1.53. The minimum Gasteiger partial charge on any atom is -0.378 e. The summed E-state index contributed by atoms with van der Waals surface area (Å²) in [6.45, 7) is 0.340. The number of halogens is 2. The van der Waals surface area contributed by atoms with Gasteiger partial charge < -0.3 is 15.8 Å². The lowest BCUT2D eigenvalue weighted by molar-refractivity contribution is -0.0452. The first-order chi connectivity index (χ1) is 12.8. The second kappa shape index (κ2) is 7.55. The molecule has 10 heteroatoms. The summed E-state index contributed by atoms with van der Waals surface area (Å²) < 4.78 is 32.7. The fourth-order valence-electron chi connectivity index (χ4n) is 3.28. The van der Waals surface area contributed by atoms with Crippen LogP contribution in [0.25, 0.3) is 5.65 Å². The quantitative estimate of drug-likeness (QED) is 0.788. The SMILES string of the molecule is COCc1nn2c(C(=O)NCC3CCC(F)(F)CC3)ccnc2c1C(N)=O. The second-order valence-corrected chi connectivity index (χ2v) is 6.69. The number of amides is 2. The molecule has 0 radical (unpaired) electrons. The van der Waals surface area contributed by atoms with E-state index >= 15 is 0 Å². The molecule has 0 aliphatic heterocycles. The second-order valence-electron chi connectivity index (χ2n) is 6.69. The molecule has 1 fully saturated rings. The van der Waals surface area contributed by atoms with Crippen LogP contribution in [0.1, 0.15) is 52.2 Å². The minimum atomic E-state index is -2.60. The molecule has 0 aromatic carbocycles. The number of fused-ring (bicyclic) bond motifs is 1. The molecule has 0 unspecified atom stereocenters. The van der Waals surface area contributed by atoms with Crippen LogP contribution < -0.4 is 11.1 Å². The fraction of sp³-hybridized carbons (Fsp3) is 0.529. The van der Waals surface area contributed by atoms with Crippen molar-refractivity contribution in [2.75, 3.05) is 13.7 Å². The van der Waals surface area contributed by atoms with Gasteiger partial charge >= 0.3 is 0 Å². The van der Waals surface area contributed by atoms with Crippen LogP contribution in [-0.2, 0) is 11.3 Å². The largest absolute Gasteiger partial charge is 0.378 e. The molecule has 2 aromatic heterocycles. The predicted molar refractivity (Wildman–Crippen MR) is 91.5 cm³/mol. The van der Waals surface area contributed by atoms with Crippen LogP contribution in [0, 0.1) is 5.92 Å². The highest BCUT2D eigenvalue weighted by molar-refractivity contribution is 6.01. The number of hydrogen-bond donors (Lipinski definition) is 2. The zero-order chi connectivity index (χ0) is 19.6. The summed E-state index contributed by atoms with van der Waals surface area (Å²) in [6, 6.07) is 1.46. The molecule has 1 aliphatic rings. The maximum Gasteiger partial charge on any atom is 0.270 e. The van der Waals surface area contributed by atoms with Gasteiger partial charge in [-0.1, -0.05) is 0 Å². The smallest absolute Gasteiger partial charge is 0.270 e.